The van der Waals surface area contributed by atoms with Crippen molar-refractivity contribution in [1.29, 1.82) is 0 Å². The molecule has 1 atom stereocenters. The van der Waals surface area contributed by atoms with Gasteiger partial charge >= 0.3 is 0 Å². The van der Waals surface area contributed by atoms with Crippen molar-refractivity contribution in [2.75, 3.05) is 6.54 Å². The third-order valence-electron chi connectivity index (χ3n) is 3.22. The molecule has 0 saturated carbocycles. The number of benzene rings is 1. The van der Waals surface area contributed by atoms with Crippen LogP contribution in [0, 0.1) is 13.8 Å². The van der Waals surface area contributed by atoms with Crippen LogP contribution in [0.15, 0.2) is 30.9 Å². The van der Waals surface area contributed by atoms with Crippen molar-refractivity contribution in [3.8, 4) is 0 Å². The van der Waals surface area contributed by atoms with Crippen LogP contribution >= 0.6 is 0 Å². The molecule has 0 aliphatic heterocycles. The van der Waals surface area contributed by atoms with Gasteiger partial charge in [0.1, 0.15) is 0 Å². The number of aryl methyl sites for hydroxylation is 2. The summed E-state index contributed by atoms with van der Waals surface area (Å²) in [6, 6.07) is 7.45. The molecule has 0 fully saturated rings. The third kappa shape index (κ3) is 5.50. The molecule has 1 unspecified atom stereocenters. The number of hydrogen-bond donors (Lipinski definition) is 1. The smallest absolute Gasteiger partial charge is 0.0107 e. The Balaban J connectivity index is 2.60. The molecule has 18 heavy (non-hydrogen) atoms. The summed E-state index contributed by atoms with van der Waals surface area (Å²) in [5, 5.41) is 3.59. The Hall–Kier alpha value is -1.08. The van der Waals surface area contributed by atoms with Crippen molar-refractivity contribution in [3.63, 3.8) is 0 Å². The van der Waals surface area contributed by atoms with E-state index in [9.17, 15) is 0 Å². The monoisotopic (exact) mass is 245 g/mol. The van der Waals surface area contributed by atoms with Gasteiger partial charge in [-0.05, 0) is 51.6 Å². The fourth-order valence-corrected chi connectivity index (χ4v) is 2.54. The molecule has 0 bridgehead atoms. The highest BCUT2D eigenvalue weighted by atomic mass is 14.9. The molecule has 1 rings (SSSR count). The first kappa shape index (κ1) is 15.0. The first-order valence-electron chi connectivity index (χ1n) is 7.07. The highest BCUT2D eigenvalue weighted by molar-refractivity contribution is 5.29. The van der Waals surface area contributed by atoms with Crippen LogP contribution < -0.4 is 5.32 Å². The average Bonchev–Trinajstić information content (AvgIpc) is 2.28. The Morgan fingerprint density at radius 2 is 1.89 bits per heavy atom. The van der Waals surface area contributed by atoms with E-state index < -0.39 is 0 Å². The maximum Gasteiger partial charge on any atom is 0.0107 e. The second-order valence-electron chi connectivity index (χ2n) is 5.17. The Bertz CT molecular complexity index is 348. The third-order valence-corrected chi connectivity index (χ3v) is 3.22. The van der Waals surface area contributed by atoms with Crippen molar-refractivity contribution in [2.45, 2.75) is 52.5 Å². The molecule has 0 radical (unpaired) electrons. The Morgan fingerprint density at radius 3 is 2.44 bits per heavy atom. The first-order chi connectivity index (χ1) is 8.65. The number of likely N-dealkylation sites (N-methyl/N-ethyl adjacent to an activating group) is 1. The quantitative estimate of drug-likeness (QED) is 0.535. The maximum atomic E-state index is 3.79. The van der Waals surface area contributed by atoms with E-state index in [2.05, 4.69) is 50.9 Å². The van der Waals surface area contributed by atoms with Gasteiger partial charge in [-0.2, -0.15) is 0 Å². The summed E-state index contributed by atoms with van der Waals surface area (Å²) in [7, 11) is 0. The van der Waals surface area contributed by atoms with Crippen molar-refractivity contribution in [3.05, 3.63) is 47.5 Å². The number of rotatable bonds is 8. The average molecular weight is 245 g/mol. The lowest BCUT2D eigenvalue weighted by Gasteiger charge is -2.18. The molecule has 0 aliphatic rings. The zero-order chi connectivity index (χ0) is 13.4. The molecular formula is C17H27N. The molecule has 0 heterocycles. The van der Waals surface area contributed by atoms with E-state index >= 15 is 0 Å². The highest BCUT2D eigenvalue weighted by Crippen LogP contribution is 2.13. The molecule has 100 valence electrons. The molecule has 0 spiro atoms. The highest BCUT2D eigenvalue weighted by Gasteiger charge is 2.08. The Labute approximate surface area is 112 Å². The standard InChI is InChI=1S/C17H27N/c1-5-7-8-9-17(18-6-2)13-16-11-14(3)10-15(4)12-16/h5,10-12,17-18H,1,6-9,13H2,2-4H3. The number of unbranched alkanes of at least 4 members (excludes halogenated alkanes) is 1. The second kappa shape index (κ2) is 8.10. The van der Waals surface area contributed by atoms with Gasteiger partial charge in [0.05, 0.1) is 0 Å². The molecule has 1 heteroatoms. The fourth-order valence-electron chi connectivity index (χ4n) is 2.54. The van der Waals surface area contributed by atoms with Gasteiger partial charge < -0.3 is 5.32 Å². The summed E-state index contributed by atoms with van der Waals surface area (Å²) in [6.07, 6.45) is 6.72. The van der Waals surface area contributed by atoms with Crippen LogP contribution in [0.1, 0.15) is 42.9 Å². The van der Waals surface area contributed by atoms with E-state index in [1.54, 1.807) is 0 Å². The zero-order valence-electron chi connectivity index (χ0n) is 12.1. The topological polar surface area (TPSA) is 12.0 Å². The van der Waals surface area contributed by atoms with Crippen LogP contribution in [-0.4, -0.2) is 12.6 Å². The lowest BCUT2D eigenvalue weighted by molar-refractivity contribution is 0.478. The molecule has 1 nitrogen and oxygen atoms in total. The summed E-state index contributed by atoms with van der Waals surface area (Å²) in [4.78, 5) is 0. The lowest BCUT2D eigenvalue weighted by atomic mass is 9.98. The van der Waals surface area contributed by atoms with Crippen LogP contribution in [0.4, 0.5) is 0 Å². The van der Waals surface area contributed by atoms with Crippen LogP contribution in [0.25, 0.3) is 0 Å². The van der Waals surface area contributed by atoms with Gasteiger partial charge in [-0.15, -0.1) is 6.58 Å². The van der Waals surface area contributed by atoms with Crippen LogP contribution in [0.2, 0.25) is 0 Å². The predicted octanol–water partition coefficient (Wildman–Crippen LogP) is 4.18. The van der Waals surface area contributed by atoms with Crippen LogP contribution in [-0.2, 0) is 6.42 Å². The van der Waals surface area contributed by atoms with Crippen molar-refractivity contribution in [1.82, 2.24) is 5.32 Å². The minimum absolute atomic E-state index is 0.594. The van der Waals surface area contributed by atoms with Gasteiger partial charge in [0.15, 0.2) is 0 Å². The van der Waals surface area contributed by atoms with Gasteiger partial charge in [0.2, 0.25) is 0 Å². The van der Waals surface area contributed by atoms with E-state index in [0.717, 1.165) is 19.4 Å². The molecule has 0 aromatic heterocycles. The van der Waals surface area contributed by atoms with Gasteiger partial charge in [0, 0.05) is 6.04 Å². The number of allylic oxidation sites excluding steroid dienone is 1. The molecule has 0 saturated heterocycles. The van der Waals surface area contributed by atoms with E-state index in [4.69, 9.17) is 0 Å². The summed E-state index contributed by atoms with van der Waals surface area (Å²) in [6.45, 7) is 11.4. The lowest BCUT2D eigenvalue weighted by Crippen LogP contribution is -2.30. The summed E-state index contributed by atoms with van der Waals surface area (Å²) in [5.74, 6) is 0. The molecular weight excluding hydrogens is 218 g/mol. The van der Waals surface area contributed by atoms with Crippen LogP contribution in [0.3, 0.4) is 0 Å². The van der Waals surface area contributed by atoms with E-state index in [1.807, 2.05) is 6.08 Å². The molecule has 1 aromatic rings. The van der Waals surface area contributed by atoms with Gasteiger partial charge in [-0.3, -0.25) is 0 Å². The predicted molar refractivity (Wildman–Crippen MR) is 81.1 cm³/mol. The van der Waals surface area contributed by atoms with Gasteiger partial charge in [-0.1, -0.05) is 42.3 Å². The molecule has 0 amide bonds. The normalized spacial score (nSPS) is 12.4. The number of hydrogen-bond acceptors (Lipinski definition) is 1. The largest absolute Gasteiger partial charge is 0.314 e. The zero-order valence-corrected chi connectivity index (χ0v) is 12.1. The van der Waals surface area contributed by atoms with E-state index in [1.165, 1.54) is 29.5 Å². The van der Waals surface area contributed by atoms with E-state index in [0.29, 0.717) is 6.04 Å². The van der Waals surface area contributed by atoms with Gasteiger partial charge in [-0.25, -0.2) is 0 Å². The molecule has 1 aromatic carbocycles. The minimum atomic E-state index is 0.594. The minimum Gasteiger partial charge on any atom is -0.314 e. The summed E-state index contributed by atoms with van der Waals surface area (Å²) < 4.78 is 0. The molecule has 1 N–H and O–H groups in total. The maximum absolute atomic E-state index is 3.79. The first-order valence-corrected chi connectivity index (χ1v) is 7.07. The molecule has 0 aliphatic carbocycles. The van der Waals surface area contributed by atoms with Gasteiger partial charge in [0.25, 0.3) is 0 Å². The summed E-state index contributed by atoms with van der Waals surface area (Å²) in [5.41, 5.74) is 4.19. The van der Waals surface area contributed by atoms with Crippen molar-refractivity contribution >= 4 is 0 Å². The number of nitrogens with one attached hydrogen (secondary N) is 1. The van der Waals surface area contributed by atoms with Crippen molar-refractivity contribution in [2.24, 2.45) is 0 Å². The Kier molecular flexibility index (Phi) is 6.74. The second-order valence-corrected chi connectivity index (χ2v) is 5.17. The fraction of sp³-hybridized carbons (Fsp3) is 0.529. The van der Waals surface area contributed by atoms with Crippen molar-refractivity contribution < 1.29 is 0 Å². The van der Waals surface area contributed by atoms with Crippen LogP contribution in [0.5, 0.6) is 0 Å². The summed E-state index contributed by atoms with van der Waals surface area (Å²) >= 11 is 0. The SMILES string of the molecule is C=CCCCC(Cc1cc(C)cc(C)c1)NCC. The van der Waals surface area contributed by atoms with E-state index in [-0.39, 0.29) is 0 Å². The Morgan fingerprint density at radius 1 is 1.22 bits per heavy atom.